The topological polar surface area (TPSA) is 40.5 Å². The van der Waals surface area contributed by atoms with Gasteiger partial charge < -0.3 is 14.0 Å². The SMILES string of the molecule is COC1(Cn2c(C)cc3c2CCCC3=O)CCOC1. The quantitative estimate of drug-likeness (QED) is 0.838. The minimum atomic E-state index is -0.224. The highest BCUT2D eigenvalue weighted by Crippen LogP contribution is 2.30. The van der Waals surface area contributed by atoms with E-state index in [9.17, 15) is 4.79 Å². The van der Waals surface area contributed by atoms with Gasteiger partial charge in [0, 0.05) is 43.5 Å². The van der Waals surface area contributed by atoms with Crippen molar-refractivity contribution in [2.24, 2.45) is 0 Å². The Morgan fingerprint density at radius 2 is 2.32 bits per heavy atom. The molecule has 2 heterocycles. The van der Waals surface area contributed by atoms with Crippen molar-refractivity contribution in [2.75, 3.05) is 20.3 Å². The Labute approximate surface area is 113 Å². The lowest BCUT2D eigenvalue weighted by atomic mass is 9.96. The molecule has 1 atom stereocenters. The molecule has 0 N–H and O–H groups in total. The first-order valence-electron chi connectivity index (χ1n) is 7.00. The summed E-state index contributed by atoms with van der Waals surface area (Å²) in [6, 6.07) is 2.04. The number of methoxy groups -OCH3 is 1. The number of aromatic nitrogens is 1. The first-order valence-corrected chi connectivity index (χ1v) is 7.00. The van der Waals surface area contributed by atoms with Crippen LogP contribution in [-0.4, -0.2) is 36.3 Å². The predicted molar refractivity (Wildman–Crippen MR) is 71.6 cm³/mol. The largest absolute Gasteiger partial charge is 0.378 e. The van der Waals surface area contributed by atoms with Gasteiger partial charge in [0.05, 0.1) is 13.2 Å². The number of hydrogen-bond donors (Lipinski definition) is 0. The summed E-state index contributed by atoms with van der Waals surface area (Å²) < 4.78 is 13.5. The van der Waals surface area contributed by atoms with Gasteiger partial charge in [-0.25, -0.2) is 0 Å². The van der Waals surface area contributed by atoms with Crippen LogP contribution in [0.1, 0.15) is 41.0 Å². The summed E-state index contributed by atoms with van der Waals surface area (Å²) in [6.45, 7) is 4.27. The Bertz CT molecular complexity index is 498. The van der Waals surface area contributed by atoms with Gasteiger partial charge in [0.1, 0.15) is 5.60 Å². The van der Waals surface area contributed by atoms with Crippen LogP contribution in [0.4, 0.5) is 0 Å². The van der Waals surface area contributed by atoms with Crippen LogP contribution in [0, 0.1) is 6.92 Å². The van der Waals surface area contributed by atoms with Gasteiger partial charge in [0.2, 0.25) is 0 Å². The maximum absolute atomic E-state index is 12.0. The third kappa shape index (κ3) is 2.13. The lowest BCUT2D eigenvalue weighted by Crippen LogP contribution is -2.38. The number of rotatable bonds is 3. The Kier molecular flexibility index (Phi) is 3.23. The zero-order valence-electron chi connectivity index (χ0n) is 11.7. The van der Waals surface area contributed by atoms with Gasteiger partial charge in [-0.3, -0.25) is 4.79 Å². The minimum Gasteiger partial charge on any atom is -0.378 e. The molecule has 19 heavy (non-hydrogen) atoms. The van der Waals surface area contributed by atoms with Crippen molar-refractivity contribution in [1.29, 1.82) is 0 Å². The molecule has 0 saturated carbocycles. The van der Waals surface area contributed by atoms with E-state index in [1.807, 2.05) is 6.07 Å². The zero-order valence-corrected chi connectivity index (χ0v) is 11.7. The third-order valence-electron chi connectivity index (χ3n) is 4.48. The van der Waals surface area contributed by atoms with Gasteiger partial charge in [-0.2, -0.15) is 0 Å². The monoisotopic (exact) mass is 263 g/mol. The number of ketones is 1. The van der Waals surface area contributed by atoms with Crippen molar-refractivity contribution in [2.45, 2.75) is 44.8 Å². The fourth-order valence-corrected chi connectivity index (χ4v) is 3.24. The number of ether oxygens (including phenoxy) is 2. The summed E-state index contributed by atoms with van der Waals surface area (Å²) in [4.78, 5) is 12.0. The lowest BCUT2D eigenvalue weighted by molar-refractivity contribution is -0.0302. The first kappa shape index (κ1) is 12.9. The summed E-state index contributed by atoms with van der Waals surface area (Å²) >= 11 is 0. The van der Waals surface area contributed by atoms with Crippen molar-refractivity contribution >= 4 is 5.78 Å². The highest BCUT2D eigenvalue weighted by molar-refractivity contribution is 5.98. The fraction of sp³-hybridized carbons (Fsp3) is 0.667. The molecule has 0 aromatic carbocycles. The minimum absolute atomic E-state index is 0.224. The zero-order chi connectivity index (χ0) is 13.5. The van der Waals surface area contributed by atoms with E-state index in [1.54, 1.807) is 7.11 Å². The van der Waals surface area contributed by atoms with E-state index in [0.717, 1.165) is 43.7 Å². The maximum Gasteiger partial charge on any atom is 0.164 e. The second-order valence-corrected chi connectivity index (χ2v) is 5.70. The number of carbonyl (C=O) groups excluding carboxylic acids is 1. The van der Waals surface area contributed by atoms with Gasteiger partial charge in [-0.1, -0.05) is 0 Å². The number of nitrogens with zero attached hydrogens (tertiary/aromatic N) is 1. The molecule has 4 nitrogen and oxygen atoms in total. The Hall–Kier alpha value is -1.13. The Morgan fingerprint density at radius 3 is 3.00 bits per heavy atom. The number of aryl methyl sites for hydroxylation is 1. The van der Waals surface area contributed by atoms with E-state index in [1.165, 1.54) is 5.69 Å². The van der Waals surface area contributed by atoms with E-state index < -0.39 is 0 Å². The molecule has 0 radical (unpaired) electrons. The van der Waals surface area contributed by atoms with Gasteiger partial charge in [0.15, 0.2) is 5.78 Å². The lowest BCUT2D eigenvalue weighted by Gasteiger charge is -2.29. The average molecular weight is 263 g/mol. The molecule has 1 unspecified atom stereocenters. The molecule has 1 aliphatic carbocycles. The normalized spacial score (nSPS) is 26.7. The van der Waals surface area contributed by atoms with E-state index in [0.29, 0.717) is 13.0 Å². The van der Waals surface area contributed by atoms with Gasteiger partial charge in [-0.15, -0.1) is 0 Å². The van der Waals surface area contributed by atoms with Crippen molar-refractivity contribution in [3.8, 4) is 0 Å². The molecule has 1 aromatic heterocycles. The molecule has 1 aliphatic heterocycles. The molecular formula is C15H21NO3. The summed E-state index contributed by atoms with van der Waals surface area (Å²) in [5.74, 6) is 0.289. The number of Topliss-reactive ketones (excluding diaryl/α,β-unsaturated/α-hetero) is 1. The van der Waals surface area contributed by atoms with Crippen molar-refractivity contribution in [3.63, 3.8) is 0 Å². The van der Waals surface area contributed by atoms with E-state index >= 15 is 0 Å². The average Bonchev–Trinajstić information content (AvgIpc) is 2.99. The molecule has 1 aromatic rings. The Balaban J connectivity index is 1.95. The number of carbonyl (C=O) groups is 1. The second kappa shape index (κ2) is 4.76. The fourth-order valence-electron chi connectivity index (χ4n) is 3.24. The smallest absolute Gasteiger partial charge is 0.164 e. The summed E-state index contributed by atoms with van der Waals surface area (Å²) in [7, 11) is 1.76. The third-order valence-corrected chi connectivity index (χ3v) is 4.48. The Morgan fingerprint density at radius 1 is 1.47 bits per heavy atom. The standard InChI is InChI=1S/C15H21NO3/c1-11-8-12-13(4-3-5-14(12)17)16(11)9-15(18-2)6-7-19-10-15/h8H,3-7,9-10H2,1-2H3. The predicted octanol–water partition coefficient (Wildman–Crippen LogP) is 2.12. The van der Waals surface area contributed by atoms with Crippen molar-refractivity contribution in [1.82, 2.24) is 4.57 Å². The number of hydrogen-bond acceptors (Lipinski definition) is 3. The van der Waals surface area contributed by atoms with Crippen LogP contribution in [0.3, 0.4) is 0 Å². The highest BCUT2D eigenvalue weighted by Gasteiger charge is 2.37. The van der Waals surface area contributed by atoms with E-state index in [4.69, 9.17) is 9.47 Å². The van der Waals surface area contributed by atoms with Gasteiger partial charge in [0.25, 0.3) is 0 Å². The van der Waals surface area contributed by atoms with Crippen LogP contribution in [0.15, 0.2) is 6.07 Å². The van der Waals surface area contributed by atoms with Gasteiger partial charge >= 0.3 is 0 Å². The van der Waals surface area contributed by atoms with Crippen molar-refractivity contribution < 1.29 is 14.3 Å². The molecule has 3 rings (SSSR count). The molecular weight excluding hydrogens is 242 g/mol. The molecule has 2 aliphatic rings. The van der Waals surface area contributed by atoms with Crippen LogP contribution in [0.25, 0.3) is 0 Å². The van der Waals surface area contributed by atoms with Crippen LogP contribution >= 0.6 is 0 Å². The highest BCUT2D eigenvalue weighted by atomic mass is 16.5. The molecule has 1 fully saturated rings. The molecule has 0 spiro atoms. The summed E-state index contributed by atoms with van der Waals surface area (Å²) in [5.41, 5.74) is 3.05. The van der Waals surface area contributed by atoms with E-state index in [-0.39, 0.29) is 11.4 Å². The molecule has 104 valence electrons. The van der Waals surface area contributed by atoms with Crippen LogP contribution < -0.4 is 0 Å². The maximum atomic E-state index is 12.0. The van der Waals surface area contributed by atoms with Crippen molar-refractivity contribution in [3.05, 3.63) is 23.0 Å². The number of fused-ring (bicyclic) bond motifs is 1. The van der Waals surface area contributed by atoms with Crippen LogP contribution in [0.5, 0.6) is 0 Å². The molecule has 4 heteroatoms. The summed E-state index contributed by atoms with van der Waals surface area (Å²) in [6.07, 6.45) is 3.57. The molecule has 0 amide bonds. The van der Waals surface area contributed by atoms with Gasteiger partial charge in [-0.05, 0) is 25.8 Å². The van der Waals surface area contributed by atoms with E-state index in [2.05, 4.69) is 11.5 Å². The molecule has 0 bridgehead atoms. The molecule has 1 saturated heterocycles. The second-order valence-electron chi connectivity index (χ2n) is 5.70. The van der Waals surface area contributed by atoms with Crippen LogP contribution in [0.2, 0.25) is 0 Å². The summed E-state index contributed by atoms with van der Waals surface area (Å²) in [5, 5.41) is 0. The van der Waals surface area contributed by atoms with Crippen LogP contribution in [-0.2, 0) is 22.4 Å². The first-order chi connectivity index (χ1) is 9.15.